The Balaban J connectivity index is 1.25. The lowest BCUT2D eigenvalue weighted by atomic mass is 10.1. The molecule has 0 aliphatic heterocycles. The minimum absolute atomic E-state index is 0.00688. The van der Waals surface area contributed by atoms with Crippen LogP contribution in [0.25, 0.3) is 16.8 Å². The molecule has 11 nitrogen and oxygen atoms in total. The van der Waals surface area contributed by atoms with Crippen LogP contribution in [0.4, 0.5) is 35.2 Å². The van der Waals surface area contributed by atoms with Crippen LogP contribution < -0.4 is 21.1 Å². The van der Waals surface area contributed by atoms with Crippen molar-refractivity contribution in [1.82, 2.24) is 29.9 Å². The number of nitrogen functional groups attached to an aromatic ring is 1. The predicted octanol–water partition coefficient (Wildman–Crippen LogP) is 5.81. The molecule has 2 aromatic carbocycles. The first-order valence-electron chi connectivity index (χ1n) is 11.3. The third-order valence-electron chi connectivity index (χ3n) is 5.35. The SMILES string of the molecule is Nc1ncc(Cl)cc1-c1ccc(Oc2ncc(NC(=O)Nc3cc(C(F)(F)F)ccc3-n3nccn3)cn2)cc1. The Morgan fingerprint density at radius 1 is 0.925 bits per heavy atom. The molecule has 5 rings (SSSR count). The molecule has 0 saturated carbocycles. The van der Waals surface area contributed by atoms with E-state index in [1.807, 2.05) is 0 Å². The van der Waals surface area contributed by atoms with Crippen LogP contribution in [-0.2, 0) is 6.18 Å². The average Bonchev–Trinajstić information content (AvgIpc) is 3.46. The summed E-state index contributed by atoms with van der Waals surface area (Å²) in [5, 5.41) is 13.1. The number of carbonyl (C=O) groups is 1. The molecule has 0 unspecified atom stereocenters. The van der Waals surface area contributed by atoms with Gasteiger partial charge in [-0.3, -0.25) is 0 Å². The Kier molecular flexibility index (Phi) is 7.16. The molecular formula is C25H17ClF3N9O2. The van der Waals surface area contributed by atoms with Crippen LogP contribution >= 0.6 is 11.6 Å². The molecule has 0 spiro atoms. The van der Waals surface area contributed by atoms with E-state index in [0.29, 0.717) is 22.2 Å². The van der Waals surface area contributed by atoms with E-state index in [0.717, 1.165) is 28.6 Å². The fraction of sp³-hybridized carbons (Fsp3) is 0.0400. The van der Waals surface area contributed by atoms with Crippen molar-refractivity contribution in [3.05, 3.63) is 90.1 Å². The maximum Gasteiger partial charge on any atom is 0.416 e. The molecule has 202 valence electrons. The van der Waals surface area contributed by atoms with E-state index in [4.69, 9.17) is 22.1 Å². The molecule has 0 aliphatic rings. The molecule has 2 amide bonds. The first-order valence-corrected chi connectivity index (χ1v) is 11.7. The number of rotatable bonds is 6. The lowest BCUT2D eigenvalue weighted by molar-refractivity contribution is -0.137. The van der Waals surface area contributed by atoms with Crippen LogP contribution in [0.1, 0.15) is 5.56 Å². The zero-order chi connectivity index (χ0) is 28.3. The largest absolute Gasteiger partial charge is 0.424 e. The Hall–Kier alpha value is -5.24. The summed E-state index contributed by atoms with van der Waals surface area (Å²) < 4.78 is 45.4. The van der Waals surface area contributed by atoms with Gasteiger partial charge in [-0.2, -0.15) is 23.4 Å². The topological polar surface area (TPSA) is 146 Å². The van der Waals surface area contributed by atoms with Crippen molar-refractivity contribution in [3.63, 3.8) is 0 Å². The first-order chi connectivity index (χ1) is 19.2. The first kappa shape index (κ1) is 26.4. The Morgan fingerprint density at radius 2 is 1.62 bits per heavy atom. The predicted molar refractivity (Wildman–Crippen MR) is 140 cm³/mol. The lowest BCUT2D eigenvalue weighted by Crippen LogP contribution is -2.21. The Morgan fingerprint density at radius 3 is 2.30 bits per heavy atom. The second-order valence-corrected chi connectivity index (χ2v) is 8.53. The maximum atomic E-state index is 13.2. The number of amides is 2. The summed E-state index contributed by atoms with van der Waals surface area (Å²) >= 11 is 6.00. The highest BCUT2D eigenvalue weighted by Gasteiger charge is 2.31. The van der Waals surface area contributed by atoms with Gasteiger partial charge in [-0.25, -0.2) is 19.7 Å². The van der Waals surface area contributed by atoms with E-state index in [2.05, 4.69) is 35.8 Å². The number of ether oxygens (including phenoxy) is 1. The van der Waals surface area contributed by atoms with Gasteiger partial charge in [0.05, 0.1) is 46.7 Å². The van der Waals surface area contributed by atoms with E-state index in [1.165, 1.54) is 31.0 Å². The summed E-state index contributed by atoms with van der Waals surface area (Å²) in [6.45, 7) is 0. The van der Waals surface area contributed by atoms with E-state index < -0.39 is 17.8 Å². The molecule has 0 fully saturated rings. The van der Waals surface area contributed by atoms with Gasteiger partial charge in [-0.05, 0) is 42.0 Å². The van der Waals surface area contributed by atoms with Gasteiger partial charge in [0.1, 0.15) is 17.3 Å². The highest BCUT2D eigenvalue weighted by molar-refractivity contribution is 6.30. The smallest absolute Gasteiger partial charge is 0.416 e. The van der Waals surface area contributed by atoms with Crippen molar-refractivity contribution in [2.45, 2.75) is 6.18 Å². The second-order valence-electron chi connectivity index (χ2n) is 8.09. The van der Waals surface area contributed by atoms with Gasteiger partial charge in [-0.15, -0.1) is 4.80 Å². The van der Waals surface area contributed by atoms with Gasteiger partial charge in [0, 0.05) is 11.8 Å². The van der Waals surface area contributed by atoms with Gasteiger partial charge >= 0.3 is 18.2 Å². The molecule has 0 bridgehead atoms. The molecule has 4 N–H and O–H groups in total. The van der Waals surface area contributed by atoms with Crippen LogP contribution in [0.5, 0.6) is 11.8 Å². The number of alkyl halides is 3. The second kappa shape index (κ2) is 10.9. The van der Waals surface area contributed by atoms with Crippen molar-refractivity contribution in [2.24, 2.45) is 0 Å². The molecule has 3 aromatic heterocycles. The summed E-state index contributed by atoms with van der Waals surface area (Å²) in [6, 6.07) is 10.6. The summed E-state index contributed by atoms with van der Waals surface area (Å²) in [6.07, 6.45) is 2.09. The van der Waals surface area contributed by atoms with Gasteiger partial charge < -0.3 is 21.1 Å². The number of halogens is 4. The molecule has 5 aromatic rings. The van der Waals surface area contributed by atoms with Crippen LogP contribution in [0.2, 0.25) is 5.02 Å². The minimum atomic E-state index is -4.62. The fourth-order valence-corrected chi connectivity index (χ4v) is 3.69. The number of nitrogens with two attached hydrogens (primary N) is 1. The number of hydrogen-bond donors (Lipinski definition) is 3. The standard InChI is InChI=1S/C25H17ClF3N9O2/c26-16-10-19(22(30)31-11-16)14-1-4-18(5-2-14)40-24-32-12-17(13-33-24)36-23(39)37-20-9-15(25(27,28)29)3-6-21(20)38-34-7-8-35-38/h1-13H,(H2,30,31)(H2,36,37,39). The summed E-state index contributed by atoms with van der Waals surface area (Å²) in [7, 11) is 0. The number of pyridine rings is 1. The molecule has 3 heterocycles. The molecule has 0 aliphatic carbocycles. The Bertz CT molecular complexity index is 1650. The zero-order valence-electron chi connectivity index (χ0n) is 20.1. The third-order valence-corrected chi connectivity index (χ3v) is 5.56. The number of hydrogen-bond acceptors (Lipinski definition) is 8. The molecule has 0 saturated heterocycles. The molecule has 0 radical (unpaired) electrons. The summed E-state index contributed by atoms with van der Waals surface area (Å²) in [4.78, 5) is 25.8. The van der Waals surface area contributed by atoms with E-state index in [9.17, 15) is 18.0 Å². The van der Waals surface area contributed by atoms with Gasteiger partial charge in [0.25, 0.3) is 0 Å². The van der Waals surface area contributed by atoms with E-state index in [1.54, 1.807) is 30.3 Å². The average molecular weight is 568 g/mol. The zero-order valence-corrected chi connectivity index (χ0v) is 20.9. The van der Waals surface area contributed by atoms with Gasteiger partial charge in [0.2, 0.25) is 0 Å². The van der Waals surface area contributed by atoms with Crippen molar-refractivity contribution in [3.8, 4) is 28.6 Å². The monoisotopic (exact) mass is 567 g/mol. The number of aromatic nitrogens is 6. The van der Waals surface area contributed by atoms with Crippen LogP contribution in [0, 0.1) is 0 Å². The fourth-order valence-electron chi connectivity index (χ4n) is 3.53. The number of urea groups is 1. The van der Waals surface area contributed by atoms with Crippen LogP contribution in [0.3, 0.4) is 0 Å². The van der Waals surface area contributed by atoms with Crippen molar-refractivity contribution in [1.29, 1.82) is 0 Å². The van der Waals surface area contributed by atoms with Crippen LogP contribution in [0.15, 0.2) is 79.5 Å². The normalized spacial score (nSPS) is 11.2. The highest BCUT2D eigenvalue weighted by atomic mass is 35.5. The number of nitrogens with zero attached hydrogens (tertiary/aromatic N) is 6. The number of nitrogens with one attached hydrogen (secondary N) is 2. The highest BCUT2D eigenvalue weighted by Crippen LogP contribution is 2.33. The quantitative estimate of drug-likeness (QED) is 0.233. The van der Waals surface area contributed by atoms with Crippen LogP contribution in [-0.4, -0.2) is 36.0 Å². The molecule has 15 heteroatoms. The van der Waals surface area contributed by atoms with Crippen molar-refractivity contribution < 1.29 is 22.7 Å². The number of benzene rings is 2. The van der Waals surface area contributed by atoms with E-state index in [-0.39, 0.29) is 23.1 Å². The minimum Gasteiger partial charge on any atom is -0.424 e. The maximum absolute atomic E-state index is 13.2. The molecule has 0 atom stereocenters. The summed E-state index contributed by atoms with van der Waals surface area (Å²) in [5.41, 5.74) is 6.54. The molecular weight excluding hydrogens is 551 g/mol. The lowest BCUT2D eigenvalue weighted by Gasteiger charge is -2.14. The Labute approximate surface area is 228 Å². The van der Waals surface area contributed by atoms with E-state index >= 15 is 0 Å². The van der Waals surface area contributed by atoms with Crippen molar-refractivity contribution in [2.75, 3.05) is 16.4 Å². The third kappa shape index (κ3) is 6.07. The van der Waals surface area contributed by atoms with Gasteiger partial charge in [0.15, 0.2) is 0 Å². The number of anilines is 3. The van der Waals surface area contributed by atoms with Gasteiger partial charge in [-0.1, -0.05) is 23.7 Å². The number of carbonyl (C=O) groups excluding carboxylic acids is 1. The van der Waals surface area contributed by atoms with Crippen molar-refractivity contribution >= 4 is 34.8 Å². The molecule has 40 heavy (non-hydrogen) atoms. The summed E-state index contributed by atoms with van der Waals surface area (Å²) in [5.74, 6) is 0.760.